The molecule has 2 rings (SSSR count). The van der Waals surface area contributed by atoms with Gasteiger partial charge in [-0.1, -0.05) is 6.92 Å². The van der Waals surface area contributed by atoms with E-state index in [1.165, 1.54) is 11.1 Å². The Hall–Kier alpha value is -1.95. The van der Waals surface area contributed by atoms with E-state index in [0.29, 0.717) is 5.69 Å². The summed E-state index contributed by atoms with van der Waals surface area (Å²) in [6.45, 7) is 4.05. The van der Waals surface area contributed by atoms with Gasteiger partial charge in [-0.05, 0) is 19.4 Å². The smallest absolute Gasteiger partial charge is 0.339 e. The molecule has 6 heteroatoms. The zero-order chi connectivity index (χ0) is 13.8. The fourth-order valence-electron chi connectivity index (χ4n) is 1.67. The van der Waals surface area contributed by atoms with Crippen LogP contribution in [0.25, 0.3) is 0 Å². The van der Waals surface area contributed by atoms with E-state index in [4.69, 9.17) is 5.11 Å². The number of aromatic carboxylic acids is 1. The summed E-state index contributed by atoms with van der Waals surface area (Å²) in [4.78, 5) is 20.5. The van der Waals surface area contributed by atoms with Gasteiger partial charge in [0.15, 0.2) is 0 Å². The second-order valence-corrected chi connectivity index (χ2v) is 5.26. The van der Waals surface area contributed by atoms with Gasteiger partial charge in [-0.3, -0.25) is 4.98 Å². The number of anilines is 1. The predicted octanol–water partition coefficient (Wildman–Crippen LogP) is 2.97. The summed E-state index contributed by atoms with van der Waals surface area (Å²) in [5.41, 5.74) is 0.727. The first-order chi connectivity index (χ1) is 9.11. The molecule has 19 heavy (non-hydrogen) atoms. The Balaban J connectivity index is 2.19. The van der Waals surface area contributed by atoms with Gasteiger partial charge in [0.05, 0.1) is 11.7 Å². The van der Waals surface area contributed by atoms with E-state index >= 15 is 0 Å². The molecule has 0 saturated heterocycles. The van der Waals surface area contributed by atoms with Crippen LogP contribution in [-0.2, 0) is 6.42 Å². The van der Waals surface area contributed by atoms with Crippen molar-refractivity contribution in [2.45, 2.75) is 26.3 Å². The van der Waals surface area contributed by atoms with Crippen LogP contribution in [0.3, 0.4) is 0 Å². The van der Waals surface area contributed by atoms with Gasteiger partial charge in [0.25, 0.3) is 0 Å². The molecule has 0 radical (unpaired) electrons. The first-order valence-corrected chi connectivity index (χ1v) is 6.82. The zero-order valence-electron chi connectivity index (χ0n) is 10.8. The molecule has 0 aromatic carbocycles. The number of hydrogen-bond donors (Lipinski definition) is 2. The predicted molar refractivity (Wildman–Crippen MR) is 74.7 cm³/mol. The Kier molecular flexibility index (Phi) is 4.11. The molecule has 0 aliphatic heterocycles. The summed E-state index contributed by atoms with van der Waals surface area (Å²) in [6.07, 6.45) is 5.74. The number of carbonyl (C=O) groups is 1. The average Bonchev–Trinajstić information content (AvgIpc) is 2.88. The second-order valence-electron chi connectivity index (χ2n) is 4.11. The monoisotopic (exact) mass is 277 g/mol. The maximum atomic E-state index is 11.1. The summed E-state index contributed by atoms with van der Waals surface area (Å²) in [5.74, 6) is -0.990. The first-order valence-electron chi connectivity index (χ1n) is 6.00. The number of nitrogens with one attached hydrogen (secondary N) is 1. The number of pyridine rings is 1. The van der Waals surface area contributed by atoms with E-state index in [1.807, 2.05) is 13.1 Å². The quantitative estimate of drug-likeness (QED) is 0.878. The number of hydrogen-bond acceptors (Lipinski definition) is 5. The largest absolute Gasteiger partial charge is 0.478 e. The molecule has 0 bridgehead atoms. The first kappa shape index (κ1) is 13.5. The summed E-state index contributed by atoms with van der Waals surface area (Å²) in [6, 6.07) is 1.62. The summed E-state index contributed by atoms with van der Waals surface area (Å²) in [7, 11) is 0. The third kappa shape index (κ3) is 3.08. The van der Waals surface area contributed by atoms with E-state index < -0.39 is 5.97 Å². The van der Waals surface area contributed by atoms with Gasteiger partial charge >= 0.3 is 5.97 Å². The fraction of sp³-hybridized carbons (Fsp3) is 0.308. The van der Waals surface area contributed by atoms with E-state index in [-0.39, 0.29) is 11.6 Å². The molecular formula is C13H15N3O2S. The third-order valence-electron chi connectivity index (χ3n) is 2.71. The maximum Gasteiger partial charge on any atom is 0.339 e. The van der Waals surface area contributed by atoms with Crippen molar-refractivity contribution in [1.29, 1.82) is 0 Å². The van der Waals surface area contributed by atoms with Crippen LogP contribution >= 0.6 is 11.3 Å². The third-order valence-corrected chi connectivity index (χ3v) is 4.04. The van der Waals surface area contributed by atoms with Crippen LogP contribution in [0.5, 0.6) is 0 Å². The van der Waals surface area contributed by atoms with Crippen molar-refractivity contribution in [3.63, 3.8) is 0 Å². The van der Waals surface area contributed by atoms with Crippen molar-refractivity contribution >= 4 is 23.0 Å². The Labute approximate surface area is 115 Å². The Morgan fingerprint density at radius 3 is 2.95 bits per heavy atom. The molecule has 2 N–H and O–H groups in total. The number of thiazole rings is 1. The van der Waals surface area contributed by atoms with Gasteiger partial charge in [0.1, 0.15) is 10.6 Å². The van der Waals surface area contributed by atoms with Crippen molar-refractivity contribution in [2.75, 3.05) is 5.32 Å². The molecule has 1 atom stereocenters. The van der Waals surface area contributed by atoms with E-state index in [0.717, 1.165) is 11.4 Å². The average molecular weight is 277 g/mol. The number of carboxylic acid groups (broad SMARTS) is 1. The lowest BCUT2D eigenvalue weighted by atomic mass is 10.2. The molecule has 2 aromatic heterocycles. The fourth-order valence-corrected chi connectivity index (χ4v) is 2.53. The molecule has 0 saturated carbocycles. The summed E-state index contributed by atoms with van der Waals surface area (Å²) < 4.78 is 0. The normalized spacial score (nSPS) is 12.1. The van der Waals surface area contributed by atoms with Crippen molar-refractivity contribution in [3.8, 4) is 0 Å². The minimum atomic E-state index is -0.990. The highest BCUT2D eigenvalue weighted by Crippen LogP contribution is 2.25. The number of aryl methyl sites for hydroxylation is 1. The van der Waals surface area contributed by atoms with Crippen LogP contribution in [0.4, 0.5) is 5.69 Å². The van der Waals surface area contributed by atoms with Crippen LogP contribution in [0.1, 0.15) is 40.1 Å². The molecule has 100 valence electrons. The number of carboxylic acids is 1. The van der Waals surface area contributed by atoms with Crippen LogP contribution in [0.15, 0.2) is 24.7 Å². The number of aromatic nitrogens is 2. The highest BCUT2D eigenvalue weighted by molar-refractivity contribution is 7.11. The summed E-state index contributed by atoms with van der Waals surface area (Å²) in [5, 5.41) is 13.2. The lowest BCUT2D eigenvalue weighted by Gasteiger charge is -2.14. The molecule has 2 aromatic rings. The topological polar surface area (TPSA) is 75.1 Å². The Morgan fingerprint density at radius 1 is 1.53 bits per heavy atom. The summed E-state index contributed by atoms with van der Waals surface area (Å²) >= 11 is 1.64. The minimum absolute atomic E-state index is 0.0363. The van der Waals surface area contributed by atoms with Crippen LogP contribution in [0, 0.1) is 0 Å². The number of nitrogens with zero attached hydrogens (tertiary/aromatic N) is 2. The molecule has 1 unspecified atom stereocenters. The standard InChI is InChI=1S/C13H15N3O2S/c1-3-9-6-15-12(19-9)8(2)16-11-4-5-14-7-10(11)13(17)18/h4-8H,3H2,1-2H3,(H,14,16)(H,17,18). The Bertz CT molecular complexity index is 583. The zero-order valence-corrected chi connectivity index (χ0v) is 11.6. The van der Waals surface area contributed by atoms with Crippen LogP contribution in [0.2, 0.25) is 0 Å². The Morgan fingerprint density at radius 2 is 2.32 bits per heavy atom. The van der Waals surface area contributed by atoms with E-state index in [2.05, 4.69) is 22.2 Å². The molecule has 2 heterocycles. The van der Waals surface area contributed by atoms with Gasteiger partial charge < -0.3 is 10.4 Å². The minimum Gasteiger partial charge on any atom is -0.478 e. The lowest BCUT2D eigenvalue weighted by Crippen LogP contribution is -2.10. The molecule has 0 aliphatic carbocycles. The van der Waals surface area contributed by atoms with Crippen LogP contribution < -0.4 is 5.32 Å². The molecule has 0 spiro atoms. The number of rotatable bonds is 5. The molecule has 0 aliphatic rings. The van der Waals surface area contributed by atoms with Gasteiger partial charge in [-0.2, -0.15) is 0 Å². The van der Waals surface area contributed by atoms with Gasteiger partial charge in [0.2, 0.25) is 0 Å². The molecular weight excluding hydrogens is 262 g/mol. The lowest BCUT2D eigenvalue weighted by molar-refractivity contribution is 0.0697. The van der Waals surface area contributed by atoms with Crippen molar-refractivity contribution < 1.29 is 9.90 Å². The molecule has 0 fully saturated rings. The van der Waals surface area contributed by atoms with Gasteiger partial charge in [0, 0.05) is 23.5 Å². The van der Waals surface area contributed by atoms with E-state index in [1.54, 1.807) is 23.6 Å². The molecule has 0 amide bonds. The molecule has 5 nitrogen and oxygen atoms in total. The van der Waals surface area contributed by atoms with Crippen molar-refractivity contribution in [3.05, 3.63) is 40.1 Å². The van der Waals surface area contributed by atoms with E-state index in [9.17, 15) is 4.79 Å². The SMILES string of the molecule is CCc1cnc(C(C)Nc2ccncc2C(=O)O)s1. The van der Waals surface area contributed by atoms with Crippen LogP contribution in [-0.4, -0.2) is 21.0 Å². The van der Waals surface area contributed by atoms with Crippen molar-refractivity contribution in [1.82, 2.24) is 9.97 Å². The van der Waals surface area contributed by atoms with Crippen molar-refractivity contribution in [2.24, 2.45) is 0 Å². The highest BCUT2D eigenvalue weighted by atomic mass is 32.1. The van der Waals surface area contributed by atoms with Gasteiger partial charge in [-0.15, -0.1) is 11.3 Å². The second kappa shape index (κ2) is 5.79. The van der Waals surface area contributed by atoms with Gasteiger partial charge in [-0.25, -0.2) is 9.78 Å². The maximum absolute atomic E-state index is 11.1. The highest BCUT2D eigenvalue weighted by Gasteiger charge is 2.14.